The second kappa shape index (κ2) is 6.47. The normalized spacial score (nSPS) is 29.6. The molecule has 7 heteroatoms. The third-order valence-electron chi connectivity index (χ3n) is 5.11. The summed E-state index contributed by atoms with van der Waals surface area (Å²) >= 11 is 0. The highest BCUT2D eigenvalue weighted by Crippen LogP contribution is 2.44. The Morgan fingerprint density at radius 2 is 2.26 bits per heavy atom. The van der Waals surface area contributed by atoms with Crippen LogP contribution in [0.25, 0.3) is 0 Å². The number of aromatic nitrogens is 1. The van der Waals surface area contributed by atoms with E-state index >= 15 is 0 Å². The largest absolute Gasteiger partial charge is 0.376 e. The SMILES string of the molecule is CN1C[C@@H](COCc2cccnc2)[C@@]2(CCN(S(C)(=O)=O)C2)C1. The lowest BCUT2D eigenvalue weighted by molar-refractivity contribution is 0.0539. The highest BCUT2D eigenvalue weighted by atomic mass is 32.2. The molecule has 1 aromatic rings. The number of rotatable bonds is 5. The number of hydrogen-bond donors (Lipinski definition) is 0. The Morgan fingerprint density at radius 1 is 1.43 bits per heavy atom. The van der Waals surface area contributed by atoms with Crippen LogP contribution in [0.2, 0.25) is 0 Å². The third-order valence-corrected chi connectivity index (χ3v) is 6.36. The van der Waals surface area contributed by atoms with Gasteiger partial charge in [-0.3, -0.25) is 4.98 Å². The van der Waals surface area contributed by atoms with Gasteiger partial charge in [-0.05, 0) is 25.1 Å². The predicted octanol–water partition coefficient (Wildman–Crippen LogP) is 0.811. The first-order chi connectivity index (χ1) is 10.9. The Hall–Kier alpha value is -1.02. The zero-order valence-corrected chi connectivity index (χ0v) is 14.6. The molecule has 3 rings (SSSR count). The van der Waals surface area contributed by atoms with Crippen LogP contribution in [0.5, 0.6) is 0 Å². The molecular weight excluding hydrogens is 314 g/mol. The summed E-state index contributed by atoms with van der Waals surface area (Å²) in [4.78, 5) is 6.39. The lowest BCUT2D eigenvalue weighted by Gasteiger charge is -2.30. The molecule has 0 radical (unpaired) electrons. The molecule has 2 fully saturated rings. The van der Waals surface area contributed by atoms with E-state index < -0.39 is 10.0 Å². The van der Waals surface area contributed by atoms with Crippen LogP contribution in [0, 0.1) is 11.3 Å². The molecule has 0 aromatic carbocycles. The van der Waals surface area contributed by atoms with Crippen molar-refractivity contribution >= 4 is 10.0 Å². The van der Waals surface area contributed by atoms with Gasteiger partial charge >= 0.3 is 0 Å². The van der Waals surface area contributed by atoms with Gasteiger partial charge in [-0.15, -0.1) is 0 Å². The number of hydrogen-bond acceptors (Lipinski definition) is 5. The van der Waals surface area contributed by atoms with Crippen molar-refractivity contribution in [3.8, 4) is 0 Å². The molecule has 0 saturated carbocycles. The van der Waals surface area contributed by atoms with Crippen molar-refractivity contribution in [3.63, 3.8) is 0 Å². The Labute approximate surface area is 138 Å². The van der Waals surface area contributed by atoms with Gasteiger partial charge in [-0.2, -0.15) is 0 Å². The Kier molecular flexibility index (Phi) is 4.73. The van der Waals surface area contributed by atoms with E-state index in [0.717, 1.165) is 25.1 Å². The summed E-state index contributed by atoms with van der Waals surface area (Å²) in [5.74, 6) is 0.371. The second-order valence-electron chi connectivity index (χ2n) is 6.98. The van der Waals surface area contributed by atoms with Crippen LogP contribution in [0.4, 0.5) is 0 Å². The van der Waals surface area contributed by atoms with Crippen molar-refractivity contribution in [1.82, 2.24) is 14.2 Å². The number of sulfonamides is 1. The molecular formula is C16H25N3O3S. The first kappa shape index (κ1) is 16.8. The van der Waals surface area contributed by atoms with Gasteiger partial charge < -0.3 is 9.64 Å². The Bertz CT molecular complexity index is 637. The van der Waals surface area contributed by atoms with Gasteiger partial charge in [0.25, 0.3) is 0 Å². The van der Waals surface area contributed by atoms with Gasteiger partial charge in [0.2, 0.25) is 10.0 Å². The molecule has 0 unspecified atom stereocenters. The predicted molar refractivity (Wildman–Crippen MR) is 88.3 cm³/mol. The highest BCUT2D eigenvalue weighted by molar-refractivity contribution is 7.88. The standard InChI is InChI=1S/C16H25N3O3S/c1-18-9-15(11-22-10-14-4-3-6-17-8-14)16(12-18)5-7-19(13-16)23(2,20)21/h3-4,6,8,15H,5,7,9-13H2,1-2H3/t15-,16-/m0/s1. The molecule has 0 amide bonds. The van der Waals surface area contributed by atoms with Crippen LogP contribution in [0.1, 0.15) is 12.0 Å². The van der Waals surface area contributed by atoms with E-state index in [2.05, 4.69) is 16.9 Å². The molecule has 23 heavy (non-hydrogen) atoms. The molecule has 2 saturated heterocycles. The summed E-state index contributed by atoms with van der Waals surface area (Å²) in [6.45, 7) is 4.38. The summed E-state index contributed by atoms with van der Waals surface area (Å²) in [5.41, 5.74) is 1.10. The molecule has 128 valence electrons. The van der Waals surface area contributed by atoms with Gasteiger partial charge in [-0.25, -0.2) is 12.7 Å². The Morgan fingerprint density at radius 3 is 2.91 bits per heavy atom. The number of pyridine rings is 1. The van der Waals surface area contributed by atoms with Crippen molar-refractivity contribution in [3.05, 3.63) is 30.1 Å². The van der Waals surface area contributed by atoms with Gasteiger partial charge in [-0.1, -0.05) is 6.07 Å². The number of nitrogens with zero attached hydrogens (tertiary/aromatic N) is 3. The van der Waals surface area contributed by atoms with Crippen LogP contribution in [-0.2, 0) is 21.4 Å². The van der Waals surface area contributed by atoms with E-state index in [0.29, 0.717) is 32.2 Å². The van der Waals surface area contributed by atoms with Gasteiger partial charge in [0.05, 0.1) is 19.5 Å². The summed E-state index contributed by atoms with van der Waals surface area (Å²) in [6, 6.07) is 3.91. The van der Waals surface area contributed by atoms with E-state index in [1.807, 2.05) is 18.3 Å². The maximum absolute atomic E-state index is 11.8. The molecule has 3 heterocycles. The maximum Gasteiger partial charge on any atom is 0.211 e. The van der Waals surface area contributed by atoms with Crippen molar-refractivity contribution in [1.29, 1.82) is 0 Å². The fourth-order valence-electron chi connectivity index (χ4n) is 3.94. The van der Waals surface area contributed by atoms with Crippen molar-refractivity contribution in [2.75, 3.05) is 46.1 Å². The molecule has 1 spiro atoms. The summed E-state index contributed by atoms with van der Waals surface area (Å²) < 4.78 is 31.2. The van der Waals surface area contributed by atoms with E-state index in [4.69, 9.17) is 4.74 Å². The molecule has 0 bridgehead atoms. The van der Waals surface area contributed by atoms with E-state index in [9.17, 15) is 8.42 Å². The topological polar surface area (TPSA) is 62.7 Å². The summed E-state index contributed by atoms with van der Waals surface area (Å²) in [7, 11) is -1.00. The van der Waals surface area contributed by atoms with E-state index in [1.165, 1.54) is 6.26 Å². The van der Waals surface area contributed by atoms with E-state index in [-0.39, 0.29) is 5.41 Å². The van der Waals surface area contributed by atoms with Crippen molar-refractivity contribution in [2.45, 2.75) is 13.0 Å². The summed E-state index contributed by atoms with van der Waals surface area (Å²) in [5, 5.41) is 0. The zero-order chi connectivity index (χ0) is 16.5. The van der Waals surface area contributed by atoms with Gasteiger partial charge in [0.1, 0.15) is 0 Å². The van der Waals surface area contributed by atoms with Crippen LogP contribution >= 0.6 is 0 Å². The molecule has 2 aliphatic heterocycles. The number of ether oxygens (including phenoxy) is 1. The maximum atomic E-state index is 11.8. The molecule has 6 nitrogen and oxygen atoms in total. The summed E-state index contributed by atoms with van der Waals surface area (Å²) in [6.07, 6.45) is 5.80. The van der Waals surface area contributed by atoms with Crippen LogP contribution in [-0.4, -0.2) is 68.7 Å². The second-order valence-corrected chi connectivity index (χ2v) is 8.96. The third kappa shape index (κ3) is 3.74. The minimum Gasteiger partial charge on any atom is -0.376 e. The van der Waals surface area contributed by atoms with Crippen molar-refractivity contribution < 1.29 is 13.2 Å². The fourth-order valence-corrected chi connectivity index (χ4v) is 4.85. The lowest BCUT2D eigenvalue weighted by Crippen LogP contribution is -2.37. The molecule has 1 aromatic heterocycles. The van der Waals surface area contributed by atoms with Crippen LogP contribution < -0.4 is 0 Å². The minimum atomic E-state index is -3.10. The zero-order valence-electron chi connectivity index (χ0n) is 13.8. The molecule has 0 aliphatic carbocycles. The minimum absolute atomic E-state index is 0.0345. The average molecular weight is 339 g/mol. The molecule has 2 aliphatic rings. The smallest absolute Gasteiger partial charge is 0.211 e. The average Bonchev–Trinajstić information content (AvgIpc) is 3.05. The first-order valence-corrected chi connectivity index (χ1v) is 9.84. The monoisotopic (exact) mass is 339 g/mol. The molecule has 2 atom stereocenters. The fraction of sp³-hybridized carbons (Fsp3) is 0.688. The van der Waals surface area contributed by atoms with Crippen LogP contribution in [0.15, 0.2) is 24.5 Å². The van der Waals surface area contributed by atoms with E-state index in [1.54, 1.807) is 10.5 Å². The van der Waals surface area contributed by atoms with Crippen molar-refractivity contribution in [2.24, 2.45) is 11.3 Å². The quantitative estimate of drug-likeness (QED) is 0.794. The molecule has 0 N–H and O–H groups in total. The lowest BCUT2D eigenvalue weighted by atomic mass is 9.78. The van der Waals surface area contributed by atoms with Crippen LogP contribution in [0.3, 0.4) is 0 Å². The van der Waals surface area contributed by atoms with Gasteiger partial charge in [0.15, 0.2) is 0 Å². The van der Waals surface area contributed by atoms with Gasteiger partial charge in [0, 0.05) is 49.9 Å². The highest BCUT2D eigenvalue weighted by Gasteiger charge is 2.51. The Balaban J connectivity index is 1.62. The number of likely N-dealkylation sites (tertiary alicyclic amines) is 1. The first-order valence-electron chi connectivity index (χ1n) is 7.99.